The second-order valence-electron chi connectivity index (χ2n) is 1.87. The summed E-state index contributed by atoms with van der Waals surface area (Å²) in [4.78, 5) is 9.89. The highest BCUT2D eigenvalue weighted by atomic mass is 16.3. The van der Waals surface area contributed by atoms with Gasteiger partial charge in [0, 0.05) is 17.8 Å². The molecule has 10 heavy (non-hydrogen) atoms. The molecule has 0 aromatic heterocycles. The summed E-state index contributed by atoms with van der Waals surface area (Å²) < 4.78 is 0. The summed E-state index contributed by atoms with van der Waals surface area (Å²) in [5.74, 6) is -0.0467. The number of nitrogens with zero attached hydrogens (tertiary/aromatic N) is 1. The van der Waals surface area contributed by atoms with Gasteiger partial charge in [-0.2, -0.15) is 0 Å². The maximum absolute atomic E-state index is 9.89. The molecule has 0 unspecified atom stereocenters. The second kappa shape index (κ2) is 2.34. The first kappa shape index (κ1) is 6.54. The zero-order valence-corrected chi connectivity index (χ0v) is 5.11. The number of hydrogen-bond donors (Lipinski definition) is 2. The molecular formula is C6H6N2O2. The monoisotopic (exact) mass is 138 g/mol. The predicted octanol–water partition coefficient (Wildman–Crippen LogP) is 1.37. The fourth-order valence-electron chi connectivity index (χ4n) is 0.671. The number of benzene rings is 1. The number of rotatable bonds is 1. The average molecular weight is 138 g/mol. The Morgan fingerprint density at radius 3 is 2.60 bits per heavy atom. The molecule has 0 aliphatic heterocycles. The van der Waals surface area contributed by atoms with E-state index in [1.54, 1.807) is 0 Å². The number of hydrogen-bond acceptors (Lipinski definition) is 4. The summed E-state index contributed by atoms with van der Waals surface area (Å²) in [7, 11) is 0. The molecule has 4 nitrogen and oxygen atoms in total. The van der Waals surface area contributed by atoms with Crippen LogP contribution in [0.4, 0.5) is 11.4 Å². The van der Waals surface area contributed by atoms with Crippen LogP contribution in [0, 0.1) is 4.91 Å². The van der Waals surface area contributed by atoms with Crippen LogP contribution in [0.25, 0.3) is 0 Å². The van der Waals surface area contributed by atoms with Crippen LogP contribution in [0.3, 0.4) is 0 Å². The fraction of sp³-hybridized carbons (Fsp3) is 0. The molecule has 1 aromatic rings. The van der Waals surface area contributed by atoms with Crippen molar-refractivity contribution < 1.29 is 5.11 Å². The van der Waals surface area contributed by atoms with E-state index in [0.717, 1.165) is 0 Å². The molecule has 0 saturated heterocycles. The molecule has 0 atom stereocenters. The SMILES string of the molecule is Nc1cc(O)cc(N=O)c1. The smallest absolute Gasteiger partial charge is 0.119 e. The molecule has 0 spiro atoms. The Balaban J connectivity index is 3.18. The summed E-state index contributed by atoms with van der Waals surface area (Å²) in [6, 6.07) is 3.96. The minimum Gasteiger partial charge on any atom is -0.508 e. The quantitative estimate of drug-likeness (QED) is 0.454. The van der Waals surface area contributed by atoms with Gasteiger partial charge in [-0.1, -0.05) is 0 Å². The van der Waals surface area contributed by atoms with Gasteiger partial charge in [0.05, 0.1) is 0 Å². The Hall–Kier alpha value is -1.58. The third-order valence-electron chi connectivity index (χ3n) is 1.03. The van der Waals surface area contributed by atoms with Gasteiger partial charge in [-0.25, -0.2) is 0 Å². The van der Waals surface area contributed by atoms with Gasteiger partial charge in [0.1, 0.15) is 11.4 Å². The first-order valence-corrected chi connectivity index (χ1v) is 2.65. The molecule has 0 amide bonds. The van der Waals surface area contributed by atoms with Crippen LogP contribution in [0.15, 0.2) is 23.4 Å². The lowest BCUT2D eigenvalue weighted by molar-refractivity contribution is 0.476. The van der Waals surface area contributed by atoms with E-state index in [1.807, 2.05) is 0 Å². The third kappa shape index (κ3) is 1.22. The third-order valence-corrected chi connectivity index (χ3v) is 1.03. The van der Waals surface area contributed by atoms with Gasteiger partial charge in [-0.15, -0.1) is 4.91 Å². The van der Waals surface area contributed by atoms with Crippen molar-refractivity contribution in [3.63, 3.8) is 0 Å². The van der Waals surface area contributed by atoms with Gasteiger partial charge >= 0.3 is 0 Å². The van der Waals surface area contributed by atoms with Crippen LogP contribution in [0.5, 0.6) is 5.75 Å². The van der Waals surface area contributed by atoms with E-state index in [4.69, 9.17) is 10.8 Å². The van der Waals surface area contributed by atoms with Crippen molar-refractivity contribution in [2.24, 2.45) is 5.18 Å². The first-order valence-electron chi connectivity index (χ1n) is 2.65. The lowest BCUT2D eigenvalue weighted by Gasteiger charge is -1.94. The van der Waals surface area contributed by atoms with E-state index in [1.165, 1.54) is 18.2 Å². The number of nitrogen functional groups attached to an aromatic ring is 1. The van der Waals surface area contributed by atoms with Crippen molar-refractivity contribution in [3.8, 4) is 5.75 Å². The van der Waals surface area contributed by atoms with Crippen LogP contribution in [-0.4, -0.2) is 5.11 Å². The lowest BCUT2D eigenvalue weighted by atomic mass is 10.3. The first-order chi connectivity index (χ1) is 4.72. The van der Waals surface area contributed by atoms with Crippen LogP contribution in [0.1, 0.15) is 0 Å². The van der Waals surface area contributed by atoms with Crippen molar-refractivity contribution in [3.05, 3.63) is 23.1 Å². The number of aromatic hydroxyl groups is 1. The van der Waals surface area contributed by atoms with E-state index in [2.05, 4.69) is 5.18 Å². The Morgan fingerprint density at radius 1 is 1.40 bits per heavy atom. The molecule has 1 rings (SSSR count). The number of nitroso groups, excluding NO2 is 1. The summed E-state index contributed by atoms with van der Waals surface area (Å²) >= 11 is 0. The Morgan fingerprint density at radius 2 is 2.10 bits per heavy atom. The molecule has 0 saturated carbocycles. The van der Waals surface area contributed by atoms with Crippen molar-refractivity contribution in [2.45, 2.75) is 0 Å². The zero-order valence-electron chi connectivity index (χ0n) is 5.11. The van der Waals surface area contributed by atoms with Crippen LogP contribution in [0.2, 0.25) is 0 Å². The van der Waals surface area contributed by atoms with Crippen molar-refractivity contribution in [2.75, 3.05) is 5.73 Å². The molecule has 0 fully saturated rings. The van der Waals surface area contributed by atoms with E-state index in [0.29, 0.717) is 5.69 Å². The summed E-state index contributed by atoms with van der Waals surface area (Å²) in [5.41, 5.74) is 5.74. The van der Waals surface area contributed by atoms with Crippen molar-refractivity contribution in [1.29, 1.82) is 0 Å². The lowest BCUT2D eigenvalue weighted by Crippen LogP contribution is -1.81. The molecule has 1 aromatic carbocycles. The molecule has 52 valence electrons. The Bertz CT molecular complexity index is 240. The number of phenolic OH excluding ortho intramolecular Hbond substituents is 1. The van der Waals surface area contributed by atoms with Crippen molar-refractivity contribution >= 4 is 11.4 Å². The highest BCUT2D eigenvalue weighted by Crippen LogP contribution is 2.22. The largest absolute Gasteiger partial charge is 0.508 e. The van der Waals surface area contributed by atoms with Gasteiger partial charge in [0.15, 0.2) is 0 Å². The minimum atomic E-state index is -0.0467. The van der Waals surface area contributed by atoms with Gasteiger partial charge in [-0.3, -0.25) is 0 Å². The predicted molar refractivity (Wildman–Crippen MR) is 38.0 cm³/mol. The molecule has 3 N–H and O–H groups in total. The summed E-state index contributed by atoms with van der Waals surface area (Å²) in [6.45, 7) is 0. The summed E-state index contributed by atoms with van der Waals surface area (Å²) in [6.07, 6.45) is 0. The molecule has 0 aliphatic rings. The Labute approximate surface area is 57.3 Å². The number of phenols is 1. The second-order valence-corrected chi connectivity index (χ2v) is 1.87. The highest BCUT2D eigenvalue weighted by molar-refractivity contribution is 5.55. The van der Waals surface area contributed by atoms with Gasteiger partial charge in [0.2, 0.25) is 0 Å². The molecule has 0 radical (unpaired) electrons. The molecule has 0 bridgehead atoms. The topological polar surface area (TPSA) is 75.7 Å². The van der Waals surface area contributed by atoms with E-state index in [9.17, 15) is 4.91 Å². The standard InChI is InChI=1S/C6H6N2O2/c7-4-1-5(8-10)3-6(9)2-4/h1-3,9H,7H2. The van der Waals surface area contributed by atoms with Crippen LogP contribution >= 0.6 is 0 Å². The fourth-order valence-corrected chi connectivity index (χ4v) is 0.671. The molecule has 4 heteroatoms. The minimum absolute atomic E-state index is 0.0467. The molecule has 0 aliphatic carbocycles. The van der Waals surface area contributed by atoms with Gasteiger partial charge in [0.25, 0.3) is 0 Å². The molecule has 0 heterocycles. The average Bonchev–Trinajstić information content (AvgIpc) is 1.85. The van der Waals surface area contributed by atoms with Crippen LogP contribution < -0.4 is 5.73 Å². The van der Waals surface area contributed by atoms with Gasteiger partial charge < -0.3 is 10.8 Å². The van der Waals surface area contributed by atoms with E-state index >= 15 is 0 Å². The highest BCUT2D eigenvalue weighted by Gasteiger charge is 1.95. The van der Waals surface area contributed by atoms with E-state index in [-0.39, 0.29) is 11.4 Å². The normalized spacial score (nSPS) is 9.20. The number of nitrogens with two attached hydrogens (primary N) is 1. The van der Waals surface area contributed by atoms with Gasteiger partial charge in [-0.05, 0) is 11.2 Å². The Kier molecular flexibility index (Phi) is 1.53. The summed E-state index contributed by atoms with van der Waals surface area (Å²) in [5, 5.41) is 11.4. The maximum Gasteiger partial charge on any atom is 0.119 e. The van der Waals surface area contributed by atoms with Crippen LogP contribution in [-0.2, 0) is 0 Å². The molecular weight excluding hydrogens is 132 g/mol. The number of anilines is 1. The maximum atomic E-state index is 9.89. The zero-order chi connectivity index (χ0) is 7.56. The van der Waals surface area contributed by atoms with Crippen molar-refractivity contribution in [1.82, 2.24) is 0 Å². The van der Waals surface area contributed by atoms with E-state index < -0.39 is 0 Å².